The Morgan fingerprint density at radius 3 is 2.36 bits per heavy atom. The van der Waals surface area contributed by atoms with Crippen LogP contribution in [0.2, 0.25) is 0 Å². The Morgan fingerprint density at radius 2 is 1.67 bits per heavy atom. The van der Waals surface area contributed by atoms with Crippen LogP contribution >= 0.6 is 0 Å². The molecule has 2 aromatic heterocycles. The summed E-state index contributed by atoms with van der Waals surface area (Å²) in [6, 6.07) is 13.3. The van der Waals surface area contributed by atoms with Gasteiger partial charge in [0.2, 0.25) is 0 Å². The van der Waals surface area contributed by atoms with Crippen LogP contribution in [0.25, 0.3) is 11.1 Å². The number of carboxylic acids is 1. The Hall–Kier alpha value is -5.20. The summed E-state index contributed by atoms with van der Waals surface area (Å²) in [4.78, 5) is 30.6. The molecule has 13 heteroatoms. The van der Waals surface area contributed by atoms with Crippen LogP contribution in [0, 0.1) is 0 Å². The van der Waals surface area contributed by atoms with E-state index < -0.39 is 24.0 Å². The summed E-state index contributed by atoms with van der Waals surface area (Å²) in [5, 5.41) is 11.6. The number of methoxy groups -OCH3 is 2. The number of aromatic nitrogens is 2. The number of halogens is 3. The van der Waals surface area contributed by atoms with Crippen molar-refractivity contribution in [3.05, 3.63) is 78.4 Å². The lowest BCUT2D eigenvalue weighted by molar-refractivity contribution is -0.275. The Bertz CT molecular complexity index is 1520. The molecule has 4 rings (SSSR count). The fraction of sp³-hybridized carbons (Fsp3) is 0.115. The first kappa shape index (κ1) is 26.9. The average Bonchev–Trinajstić information content (AvgIpc) is 3.39. The van der Waals surface area contributed by atoms with Crippen molar-refractivity contribution in [2.24, 2.45) is 0 Å². The normalized spacial score (nSPS) is 11.0. The van der Waals surface area contributed by atoms with Gasteiger partial charge in [0, 0.05) is 36.2 Å². The first-order valence-corrected chi connectivity index (χ1v) is 11.1. The number of rotatable bonds is 9. The third-order valence-electron chi connectivity index (χ3n) is 5.24. The predicted molar refractivity (Wildman–Crippen MR) is 132 cm³/mol. The van der Waals surface area contributed by atoms with Gasteiger partial charge in [-0.1, -0.05) is 12.1 Å². The van der Waals surface area contributed by atoms with E-state index in [1.54, 1.807) is 30.5 Å². The van der Waals surface area contributed by atoms with Crippen LogP contribution in [-0.4, -0.2) is 47.5 Å². The minimum Gasteiger partial charge on any atom is -0.494 e. The van der Waals surface area contributed by atoms with Gasteiger partial charge in [0.1, 0.15) is 22.9 Å². The number of carbonyl (C=O) groups excluding carboxylic acids is 1. The van der Waals surface area contributed by atoms with Crippen molar-refractivity contribution in [2.75, 3.05) is 19.5 Å². The van der Waals surface area contributed by atoms with Crippen LogP contribution in [0.5, 0.6) is 28.7 Å². The monoisotopic (exact) mass is 543 g/mol. The zero-order valence-corrected chi connectivity index (χ0v) is 20.3. The molecule has 1 amide bonds. The Balaban J connectivity index is 1.54. The highest BCUT2D eigenvalue weighted by atomic mass is 19.4. The van der Waals surface area contributed by atoms with Crippen LogP contribution in [-0.2, 0) is 0 Å². The van der Waals surface area contributed by atoms with E-state index in [2.05, 4.69) is 20.0 Å². The third-order valence-corrected chi connectivity index (χ3v) is 5.24. The van der Waals surface area contributed by atoms with E-state index in [-0.39, 0.29) is 34.3 Å². The summed E-state index contributed by atoms with van der Waals surface area (Å²) in [5.41, 5.74) is 1.13. The largest absolute Gasteiger partial charge is 0.573 e. The quantitative estimate of drug-likeness (QED) is 0.244. The number of ether oxygens (including phenoxy) is 4. The summed E-state index contributed by atoms with van der Waals surface area (Å²) < 4.78 is 58.3. The number of benzene rings is 2. The van der Waals surface area contributed by atoms with Crippen molar-refractivity contribution in [1.82, 2.24) is 9.97 Å². The van der Waals surface area contributed by atoms with Crippen LogP contribution < -0.4 is 24.3 Å². The van der Waals surface area contributed by atoms with Crippen molar-refractivity contribution in [2.45, 2.75) is 6.36 Å². The van der Waals surface area contributed by atoms with Gasteiger partial charge in [-0.3, -0.25) is 4.79 Å². The molecule has 39 heavy (non-hydrogen) atoms. The number of hydrogen-bond donors (Lipinski definition) is 3. The van der Waals surface area contributed by atoms with Gasteiger partial charge in [0.25, 0.3) is 5.91 Å². The first-order chi connectivity index (χ1) is 18.6. The summed E-state index contributed by atoms with van der Waals surface area (Å²) >= 11 is 0. The van der Waals surface area contributed by atoms with Gasteiger partial charge in [-0.25, -0.2) is 9.78 Å². The molecule has 0 bridgehead atoms. The highest BCUT2D eigenvalue weighted by molar-refractivity contribution is 6.04. The zero-order valence-electron chi connectivity index (χ0n) is 20.3. The van der Waals surface area contributed by atoms with Crippen LogP contribution in [0.1, 0.15) is 21.0 Å². The minimum atomic E-state index is -4.98. The summed E-state index contributed by atoms with van der Waals surface area (Å²) in [7, 11) is 2.45. The van der Waals surface area contributed by atoms with Crippen molar-refractivity contribution in [3.8, 4) is 39.9 Å². The highest BCUT2D eigenvalue weighted by Crippen LogP contribution is 2.40. The van der Waals surface area contributed by atoms with E-state index in [4.69, 9.17) is 19.3 Å². The molecule has 4 aromatic rings. The lowest BCUT2D eigenvalue weighted by atomic mass is 10.1. The number of nitrogens with zero attached hydrogens (tertiary/aromatic N) is 1. The number of anilines is 1. The second kappa shape index (κ2) is 11.0. The fourth-order valence-corrected chi connectivity index (χ4v) is 3.52. The first-order valence-electron chi connectivity index (χ1n) is 11.1. The van der Waals surface area contributed by atoms with Crippen LogP contribution in [0.4, 0.5) is 18.9 Å². The molecule has 0 unspecified atom stereocenters. The number of amides is 1. The van der Waals surface area contributed by atoms with Crippen LogP contribution in [0.3, 0.4) is 0 Å². The molecule has 0 atom stereocenters. The van der Waals surface area contributed by atoms with E-state index in [1.165, 1.54) is 38.6 Å². The van der Waals surface area contributed by atoms with E-state index in [9.17, 15) is 22.8 Å². The molecule has 0 spiro atoms. The van der Waals surface area contributed by atoms with Crippen molar-refractivity contribution in [1.29, 1.82) is 0 Å². The highest BCUT2D eigenvalue weighted by Gasteiger charge is 2.33. The van der Waals surface area contributed by atoms with Gasteiger partial charge < -0.3 is 34.4 Å². The Labute approximate surface area is 218 Å². The number of alkyl halides is 3. The summed E-state index contributed by atoms with van der Waals surface area (Å²) in [5.74, 6) is -2.02. The number of nitrogens with one attached hydrogen (secondary N) is 2. The van der Waals surface area contributed by atoms with E-state index in [0.29, 0.717) is 16.9 Å². The number of aromatic carboxylic acids is 1. The lowest BCUT2D eigenvalue weighted by Gasteiger charge is -2.16. The maximum Gasteiger partial charge on any atom is 0.573 e. The second-order valence-electron chi connectivity index (χ2n) is 7.82. The number of hydrogen-bond acceptors (Lipinski definition) is 7. The molecule has 10 nitrogen and oxygen atoms in total. The van der Waals surface area contributed by atoms with Gasteiger partial charge in [0.15, 0.2) is 17.2 Å². The van der Waals surface area contributed by atoms with Gasteiger partial charge >= 0.3 is 12.3 Å². The molecule has 0 radical (unpaired) electrons. The van der Waals surface area contributed by atoms with Crippen molar-refractivity contribution >= 4 is 17.6 Å². The molecule has 0 saturated heterocycles. The number of aromatic amines is 1. The molecule has 3 N–H and O–H groups in total. The molecule has 0 aliphatic heterocycles. The van der Waals surface area contributed by atoms with Crippen LogP contribution in [0.15, 0.2) is 67.0 Å². The number of H-pyrrole nitrogens is 1. The van der Waals surface area contributed by atoms with Crippen molar-refractivity contribution in [3.63, 3.8) is 0 Å². The molecule has 0 saturated carbocycles. The molecular weight excluding hydrogens is 523 g/mol. The van der Waals surface area contributed by atoms with Gasteiger partial charge in [-0.2, -0.15) is 0 Å². The maximum atomic E-state index is 12.9. The summed E-state index contributed by atoms with van der Waals surface area (Å²) in [6.45, 7) is 0. The Morgan fingerprint density at radius 1 is 0.923 bits per heavy atom. The topological polar surface area (TPSA) is 132 Å². The Kier molecular flexibility index (Phi) is 7.60. The summed E-state index contributed by atoms with van der Waals surface area (Å²) in [6.07, 6.45) is -2.10. The number of carboxylic acid groups (broad SMARTS) is 1. The number of carbonyl (C=O) groups is 2. The molecule has 0 fully saturated rings. The van der Waals surface area contributed by atoms with E-state index in [1.807, 2.05) is 0 Å². The van der Waals surface area contributed by atoms with Gasteiger partial charge in [-0.05, 0) is 29.8 Å². The minimum absolute atomic E-state index is 0.0496. The smallest absolute Gasteiger partial charge is 0.494 e. The molecule has 0 aliphatic carbocycles. The number of pyridine rings is 1. The fourth-order valence-electron chi connectivity index (χ4n) is 3.52. The average molecular weight is 543 g/mol. The lowest BCUT2D eigenvalue weighted by Crippen LogP contribution is -2.18. The predicted octanol–water partition coefficient (Wildman–Crippen LogP) is 5.74. The van der Waals surface area contributed by atoms with E-state index >= 15 is 0 Å². The molecular formula is C26H20F3N3O7. The maximum absolute atomic E-state index is 12.9. The molecule has 2 heterocycles. The molecule has 2 aromatic carbocycles. The van der Waals surface area contributed by atoms with Gasteiger partial charge in [-0.15, -0.1) is 13.2 Å². The SMILES string of the molecule is COc1cc(OC)c(OC(F)(F)F)cc1NC(=O)c1cc(-c2cccc(Oc3ccnc(C(=O)O)c3)c2)c[nH]1. The zero-order chi connectivity index (χ0) is 28.2. The van der Waals surface area contributed by atoms with E-state index in [0.717, 1.165) is 12.1 Å². The molecule has 202 valence electrons. The standard InChI is InChI=1S/C26H20F3N3O7/c1-36-21-12-22(37-2)23(39-26(27,28)29)11-18(21)32-24(33)19-9-15(13-31-19)14-4-3-5-16(8-14)38-17-6-7-30-20(10-17)25(34)35/h3-13,31H,1-2H3,(H,32,33)(H,34,35). The third kappa shape index (κ3) is 6.57. The van der Waals surface area contributed by atoms with Crippen molar-refractivity contribution < 1.29 is 46.8 Å². The van der Waals surface area contributed by atoms with Gasteiger partial charge in [0.05, 0.1) is 19.9 Å². The second-order valence-corrected chi connectivity index (χ2v) is 7.82. The molecule has 0 aliphatic rings.